The molecule has 0 aromatic heterocycles. The molecule has 1 aromatic carbocycles. The number of nitrogens with one attached hydrogen (secondary N) is 1. The summed E-state index contributed by atoms with van der Waals surface area (Å²) in [7, 11) is 0. The summed E-state index contributed by atoms with van der Waals surface area (Å²) in [6, 6.07) is 6.21. The van der Waals surface area contributed by atoms with Crippen molar-refractivity contribution < 1.29 is 14.0 Å². The van der Waals surface area contributed by atoms with Crippen LogP contribution in [0.2, 0.25) is 0 Å². The third kappa shape index (κ3) is 4.79. The monoisotopic (exact) mass is 334 g/mol. The molecule has 4 nitrogen and oxygen atoms in total. The van der Waals surface area contributed by atoms with Gasteiger partial charge in [0, 0.05) is 26.1 Å². The van der Waals surface area contributed by atoms with Gasteiger partial charge >= 0.3 is 0 Å². The first-order valence-electron chi connectivity index (χ1n) is 8.61. The molecule has 1 aromatic rings. The molecule has 2 rings (SSSR count). The maximum Gasteiger partial charge on any atom is 0.227 e. The van der Waals surface area contributed by atoms with Gasteiger partial charge in [-0.25, -0.2) is 4.39 Å². The standard InChI is InChI=1S/C19H27FN2O2/c1-14(2)10-17(23)22-9-5-8-19(3,13-22)18(24)21-12-15-6-4-7-16(20)11-15/h4,6-7,11,14H,5,8-10,12-13H2,1-3H3,(H,21,24). The first-order valence-corrected chi connectivity index (χ1v) is 8.61. The number of carbonyl (C=O) groups is 2. The predicted molar refractivity (Wildman–Crippen MR) is 91.6 cm³/mol. The van der Waals surface area contributed by atoms with Crippen LogP contribution in [0.4, 0.5) is 4.39 Å². The molecule has 1 aliphatic rings. The zero-order chi connectivity index (χ0) is 17.7. The maximum atomic E-state index is 13.2. The number of halogens is 1. The Morgan fingerprint density at radius 1 is 1.38 bits per heavy atom. The van der Waals surface area contributed by atoms with Gasteiger partial charge in [0.15, 0.2) is 0 Å². The summed E-state index contributed by atoms with van der Waals surface area (Å²) in [5.74, 6) is 0.0474. The Hall–Kier alpha value is -1.91. The Balaban J connectivity index is 1.95. The van der Waals surface area contributed by atoms with Gasteiger partial charge in [-0.05, 0) is 43.4 Å². The zero-order valence-corrected chi connectivity index (χ0v) is 14.8. The van der Waals surface area contributed by atoms with Crippen LogP contribution in [0.1, 0.15) is 45.6 Å². The molecule has 1 N–H and O–H groups in total. The molecule has 0 spiro atoms. The van der Waals surface area contributed by atoms with Gasteiger partial charge in [-0.2, -0.15) is 0 Å². The van der Waals surface area contributed by atoms with E-state index in [9.17, 15) is 14.0 Å². The number of rotatable bonds is 5. The van der Waals surface area contributed by atoms with Crippen LogP contribution in [0.5, 0.6) is 0 Å². The molecule has 0 radical (unpaired) electrons. The lowest BCUT2D eigenvalue weighted by atomic mass is 9.80. The Labute approximate surface area is 143 Å². The third-order valence-electron chi connectivity index (χ3n) is 4.52. The van der Waals surface area contributed by atoms with Crippen molar-refractivity contribution in [2.24, 2.45) is 11.3 Å². The van der Waals surface area contributed by atoms with Gasteiger partial charge in [0.25, 0.3) is 0 Å². The van der Waals surface area contributed by atoms with Gasteiger partial charge in [0.2, 0.25) is 11.8 Å². The molecule has 1 unspecified atom stereocenters. The Morgan fingerprint density at radius 2 is 2.12 bits per heavy atom. The van der Waals surface area contributed by atoms with E-state index in [2.05, 4.69) is 5.32 Å². The van der Waals surface area contributed by atoms with Crippen LogP contribution in [0.3, 0.4) is 0 Å². The van der Waals surface area contributed by atoms with Gasteiger partial charge in [0.1, 0.15) is 5.82 Å². The first-order chi connectivity index (χ1) is 11.3. The highest BCUT2D eigenvalue weighted by atomic mass is 19.1. The minimum Gasteiger partial charge on any atom is -0.351 e. The maximum absolute atomic E-state index is 13.2. The average molecular weight is 334 g/mol. The van der Waals surface area contributed by atoms with Crippen LogP contribution < -0.4 is 5.32 Å². The molecular formula is C19H27FN2O2. The van der Waals surface area contributed by atoms with Gasteiger partial charge in [-0.1, -0.05) is 26.0 Å². The Kier molecular flexibility index (Phi) is 5.97. The van der Waals surface area contributed by atoms with E-state index in [-0.39, 0.29) is 17.6 Å². The van der Waals surface area contributed by atoms with Crippen molar-refractivity contribution in [1.29, 1.82) is 0 Å². The highest BCUT2D eigenvalue weighted by molar-refractivity contribution is 5.84. The topological polar surface area (TPSA) is 49.4 Å². The van der Waals surface area contributed by atoms with Crippen molar-refractivity contribution in [2.75, 3.05) is 13.1 Å². The van der Waals surface area contributed by atoms with Crippen molar-refractivity contribution in [3.05, 3.63) is 35.6 Å². The lowest BCUT2D eigenvalue weighted by molar-refractivity contribution is -0.141. The molecule has 24 heavy (non-hydrogen) atoms. The van der Waals surface area contributed by atoms with Crippen molar-refractivity contribution in [3.8, 4) is 0 Å². The number of hydrogen-bond donors (Lipinski definition) is 1. The third-order valence-corrected chi connectivity index (χ3v) is 4.52. The van der Waals surface area contributed by atoms with Crippen molar-refractivity contribution in [2.45, 2.75) is 46.6 Å². The zero-order valence-electron chi connectivity index (χ0n) is 14.8. The minimum atomic E-state index is -0.585. The van der Waals surface area contributed by atoms with Crippen molar-refractivity contribution in [1.82, 2.24) is 10.2 Å². The molecule has 1 saturated heterocycles. The molecule has 0 bridgehead atoms. The number of amides is 2. The highest BCUT2D eigenvalue weighted by Gasteiger charge is 2.39. The quantitative estimate of drug-likeness (QED) is 0.899. The molecule has 1 heterocycles. The Morgan fingerprint density at radius 3 is 2.79 bits per heavy atom. The summed E-state index contributed by atoms with van der Waals surface area (Å²) in [6.07, 6.45) is 2.10. The van der Waals surface area contributed by atoms with E-state index in [1.807, 2.05) is 25.7 Å². The van der Waals surface area contributed by atoms with E-state index in [1.54, 1.807) is 12.1 Å². The number of carbonyl (C=O) groups excluding carboxylic acids is 2. The second kappa shape index (κ2) is 7.77. The fourth-order valence-corrected chi connectivity index (χ4v) is 3.16. The molecule has 1 aliphatic heterocycles. The molecule has 132 valence electrons. The van der Waals surface area contributed by atoms with E-state index in [1.165, 1.54) is 12.1 Å². The van der Waals surface area contributed by atoms with Crippen LogP contribution in [0.25, 0.3) is 0 Å². The molecule has 0 saturated carbocycles. The fraction of sp³-hybridized carbons (Fsp3) is 0.579. The van der Waals surface area contributed by atoms with Crippen molar-refractivity contribution >= 4 is 11.8 Å². The summed E-state index contributed by atoms with van der Waals surface area (Å²) < 4.78 is 13.2. The van der Waals surface area contributed by atoms with Gasteiger partial charge in [-0.3, -0.25) is 9.59 Å². The van der Waals surface area contributed by atoms with Gasteiger partial charge < -0.3 is 10.2 Å². The molecule has 0 aliphatic carbocycles. The number of benzene rings is 1. The van der Waals surface area contributed by atoms with E-state index in [0.717, 1.165) is 24.9 Å². The molecular weight excluding hydrogens is 307 g/mol. The summed E-state index contributed by atoms with van der Waals surface area (Å²) in [5, 5.41) is 2.89. The number of likely N-dealkylation sites (tertiary alicyclic amines) is 1. The lowest BCUT2D eigenvalue weighted by Gasteiger charge is -2.39. The van der Waals surface area contributed by atoms with Crippen LogP contribution in [0.15, 0.2) is 24.3 Å². The number of nitrogens with zero attached hydrogens (tertiary/aromatic N) is 1. The Bertz CT molecular complexity index is 603. The molecule has 1 fully saturated rings. The van der Waals surface area contributed by atoms with E-state index < -0.39 is 5.41 Å². The van der Waals surface area contributed by atoms with E-state index in [4.69, 9.17) is 0 Å². The van der Waals surface area contributed by atoms with Crippen LogP contribution in [0, 0.1) is 17.2 Å². The first kappa shape index (κ1) is 18.4. The van der Waals surface area contributed by atoms with Gasteiger partial charge in [0.05, 0.1) is 5.41 Å². The average Bonchev–Trinajstić information content (AvgIpc) is 2.52. The molecule has 5 heteroatoms. The number of hydrogen-bond acceptors (Lipinski definition) is 2. The van der Waals surface area contributed by atoms with Gasteiger partial charge in [-0.15, -0.1) is 0 Å². The summed E-state index contributed by atoms with van der Waals surface area (Å²) in [5.41, 5.74) is 0.147. The van der Waals surface area contributed by atoms with E-state index >= 15 is 0 Å². The smallest absolute Gasteiger partial charge is 0.227 e. The summed E-state index contributed by atoms with van der Waals surface area (Å²) >= 11 is 0. The normalized spacial score (nSPS) is 21.0. The molecule has 2 amide bonds. The minimum absolute atomic E-state index is 0.0752. The second-order valence-electron chi connectivity index (χ2n) is 7.39. The van der Waals surface area contributed by atoms with Crippen molar-refractivity contribution in [3.63, 3.8) is 0 Å². The lowest BCUT2D eigenvalue weighted by Crippen LogP contribution is -2.51. The predicted octanol–water partition coefficient (Wildman–Crippen LogP) is 3.12. The second-order valence-corrected chi connectivity index (χ2v) is 7.39. The molecule has 1 atom stereocenters. The SMILES string of the molecule is CC(C)CC(=O)N1CCCC(C)(C(=O)NCc2cccc(F)c2)C1. The fourth-order valence-electron chi connectivity index (χ4n) is 3.16. The summed E-state index contributed by atoms with van der Waals surface area (Å²) in [6.45, 7) is 7.42. The van der Waals surface area contributed by atoms with Crippen LogP contribution in [-0.2, 0) is 16.1 Å². The van der Waals surface area contributed by atoms with E-state index in [0.29, 0.717) is 25.4 Å². The largest absolute Gasteiger partial charge is 0.351 e. The highest BCUT2D eigenvalue weighted by Crippen LogP contribution is 2.30. The summed E-state index contributed by atoms with van der Waals surface area (Å²) in [4.78, 5) is 26.7. The van der Waals surface area contributed by atoms with Crippen LogP contribution >= 0.6 is 0 Å². The number of piperidine rings is 1. The van der Waals surface area contributed by atoms with Crippen LogP contribution in [-0.4, -0.2) is 29.8 Å².